The van der Waals surface area contributed by atoms with E-state index in [-0.39, 0.29) is 28.9 Å². The zero-order valence-electron chi connectivity index (χ0n) is 36.7. The van der Waals surface area contributed by atoms with E-state index in [1.807, 2.05) is 66.6 Å². The van der Waals surface area contributed by atoms with E-state index < -0.39 is 22.8 Å². The van der Waals surface area contributed by atoms with Crippen LogP contribution >= 0.6 is 11.6 Å². The molecule has 4 fully saturated rings. The number of aliphatic carboxylic acids is 2. The molecule has 4 aliphatic carbocycles. The molecule has 4 bridgehead atoms. The number of nitrogens with one attached hydrogen (secondary N) is 1. The molecule has 0 atom stereocenters. The van der Waals surface area contributed by atoms with Gasteiger partial charge in [-0.25, -0.2) is 9.97 Å². The van der Waals surface area contributed by atoms with Crippen LogP contribution in [0.15, 0.2) is 36.4 Å². The zero-order valence-corrected chi connectivity index (χ0v) is 37.5. The average molecular weight is 876 g/mol. The Kier molecular flexibility index (Phi) is 10.3. The van der Waals surface area contributed by atoms with Gasteiger partial charge in [0.2, 0.25) is 5.78 Å². The van der Waals surface area contributed by atoms with Crippen molar-refractivity contribution in [2.45, 2.75) is 110 Å². The first-order chi connectivity index (χ1) is 30.1. The lowest BCUT2D eigenvalue weighted by atomic mass is 9.80. The number of hydrogen-bond acceptors (Lipinski definition) is 8. The van der Waals surface area contributed by atoms with Gasteiger partial charge in [0.25, 0.3) is 5.91 Å². The van der Waals surface area contributed by atoms with Gasteiger partial charge in [0, 0.05) is 88.7 Å². The summed E-state index contributed by atoms with van der Waals surface area (Å²) in [6, 6.07) is 11.5. The fraction of sp³-hybridized carbons (Fsp3) is 0.551. The number of hydrogen-bond donors (Lipinski definition) is 3. The van der Waals surface area contributed by atoms with Gasteiger partial charge in [-0.2, -0.15) is 0 Å². The number of amides is 1. The molecule has 0 saturated heterocycles. The average Bonchev–Trinajstić information content (AvgIpc) is 4.13. The number of fused-ring (bicyclic) bond motifs is 6. The van der Waals surface area contributed by atoms with Crippen molar-refractivity contribution in [3.8, 4) is 11.1 Å². The molecule has 4 heterocycles. The number of carbonyl (C=O) groups excluding carboxylic acids is 2. The number of carboxylic acids is 2. The molecule has 2 aromatic heterocycles. The smallest absolute Gasteiger partial charge is 0.309 e. The van der Waals surface area contributed by atoms with E-state index in [1.54, 1.807) is 0 Å². The van der Waals surface area contributed by atoms with Gasteiger partial charge in [-0.15, -0.1) is 0 Å². The first kappa shape index (κ1) is 42.1. The van der Waals surface area contributed by atoms with Crippen LogP contribution in [0.4, 0.5) is 5.69 Å². The molecule has 3 N–H and O–H groups in total. The molecular formula is C49H58ClN7O6. The van der Waals surface area contributed by atoms with Gasteiger partial charge < -0.3 is 24.7 Å². The summed E-state index contributed by atoms with van der Waals surface area (Å²) >= 11 is 7.14. The Labute approximate surface area is 373 Å². The van der Waals surface area contributed by atoms with Crippen LogP contribution in [0.1, 0.15) is 126 Å². The van der Waals surface area contributed by atoms with Gasteiger partial charge in [0.05, 0.1) is 27.2 Å². The Balaban J connectivity index is 0.791. The highest BCUT2D eigenvalue weighted by atomic mass is 35.5. The third kappa shape index (κ3) is 7.13. The number of nitrogens with zero attached hydrogens (tertiary/aromatic N) is 6. The fourth-order valence-corrected chi connectivity index (χ4v) is 13.3. The highest BCUT2D eigenvalue weighted by molar-refractivity contribution is 6.34. The maximum absolute atomic E-state index is 14.0. The van der Waals surface area contributed by atoms with Crippen molar-refractivity contribution in [3.63, 3.8) is 0 Å². The van der Waals surface area contributed by atoms with Crippen molar-refractivity contribution >= 4 is 40.9 Å². The highest BCUT2D eigenvalue weighted by Gasteiger charge is 2.59. The standard InChI is InChI=1S/C49H58ClN7O6/c1-30-32(7-5-9-34(30)53-43(59)42-52-35-25-56(21-10-38(35)55(42)3)23-20-46-12-16-48(27-46,17-13-46)44(60)61)33-8-4-6-31(40(33)50)24-39(58)41-51-36-26-57(22-11-37(36)54(41)2)29-47-14-18-49(28-47,19-15-47)45(62)63/h4-9H,10-29H2,1-3H3,(H,53,59)(H,60,61)(H,62,63). The number of carbonyl (C=O) groups is 4. The number of anilines is 1. The van der Waals surface area contributed by atoms with Crippen molar-refractivity contribution in [3.05, 3.63) is 87.0 Å². The number of imidazole rings is 2. The number of benzene rings is 2. The molecule has 4 aromatic rings. The second-order valence-electron chi connectivity index (χ2n) is 20.3. The van der Waals surface area contributed by atoms with Gasteiger partial charge >= 0.3 is 11.9 Å². The van der Waals surface area contributed by atoms with E-state index in [1.165, 1.54) is 0 Å². The Morgan fingerprint density at radius 3 is 1.94 bits per heavy atom. The molecule has 6 aliphatic rings. The summed E-state index contributed by atoms with van der Waals surface area (Å²) in [6.45, 7) is 6.80. The first-order valence-electron chi connectivity index (χ1n) is 22.8. The number of ketones is 1. The van der Waals surface area contributed by atoms with Crippen molar-refractivity contribution in [1.82, 2.24) is 28.9 Å². The van der Waals surface area contributed by atoms with E-state index in [2.05, 4.69) is 15.1 Å². The lowest BCUT2D eigenvalue weighted by Gasteiger charge is -2.35. The topological polar surface area (TPSA) is 163 Å². The largest absolute Gasteiger partial charge is 0.481 e. The number of aromatic nitrogens is 4. The molecule has 0 radical (unpaired) electrons. The molecule has 13 nitrogen and oxygen atoms in total. The van der Waals surface area contributed by atoms with Gasteiger partial charge in [-0.1, -0.05) is 41.9 Å². The summed E-state index contributed by atoms with van der Waals surface area (Å²) in [5, 5.41) is 23.4. The molecule has 0 spiro atoms. The predicted molar refractivity (Wildman–Crippen MR) is 238 cm³/mol. The summed E-state index contributed by atoms with van der Waals surface area (Å²) < 4.78 is 3.85. The Hall–Kier alpha value is -4.85. The van der Waals surface area contributed by atoms with E-state index in [4.69, 9.17) is 21.6 Å². The summed E-state index contributed by atoms with van der Waals surface area (Å²) in [7, 11) is 3.82. The second-order valence-corrected chi connectivity index (χ2v) is 20.7. The SMILES string of the molecule is Cc1c(NC(=O)c2nc3c(n2C)CCN(CCC24CCC(C(=O)O)(CC2)C4)C3)cccc1-c1cccc(CC(=O)c2nc3c(n2C)CCN(CC24CCC(C(=O)O)(CC2)C4)C3)c1Cl. The summed E-state index contributed by atoms with van der Waals surface area (Å²) in [6.07, 6.45) is 11.3. The molecule has 4 saturated carbocycles. The lowest BCUT2D eigenvalue weighted by molar-refractivity contribution is -0.149. The third-order valence-electron chi connectivity index (χ3n) is 16.8. The third-order valence-corrected chi connectivity index (χ3v) is 17.3. The number of rotatable bonds is 13. The van der Waals surface area contributed by atoms with E-state index in [9.17, 15) is 29.4 Å². The highest BCUT2D eigenvalue weighted by Crippen LogP contribution is 2.63. The van der Waals surface area contributed by atoms with E-state index in [0.717, 1.165) is 149 Å². The Morgan fingerprint density at radius 1 is 0.730 bits per heavy atom. The van der Waals surface area contributed by atoms with Crippen LogP contribution in [-0.2, 0) is 56.0 Å². The lowest BCUT2D eigenvalue weighted by Crippen LogP contribution is -2.39. The van der Waals surface area contributed by atoms with Crippen molar-refractivity contribution < 1.29 is 29.4 Å². The molecule has 2 aliphatic heterocycles. The minimum absolute atomic E-state index is 0.0596. The Morgan fingerprint density at radius 2 is 1.29 bits per heavy atom. The first-order valence-corrected chi connectivity index (χ1v) is 23.2. The van der Waals surface area contributed by atoms with Crippen LogP contribution in [0.5, 0.6) is 0 Å². The van der Waals surface area contributed by atoms with Crippen molar-refractivity contribution in [1.29, 1.82) is 0 Å². The van der Waals surface area contributed by atoms with Crippen LogP contribution in [0.2, 0.25) is 5.02 Å². The predicted octanol–water partition coefficient (Wildman–Crippen LogP) is 7.64. The van der Waals surface area contributed by atoms with Gasteiger partial charge in [0.15, 0.2) is 11.6 Å². The van der Waals surface area contributed by atoms with Crippen LogP contribution in [-0.4, -0.2) is 88.9 Å². The van der Waals surface area contributed by atoms with Crippen molar-refractivity contribution in [2.24, 2.45) is 35.8 Å². The molecular weight excluding hydrogens is 818 g/mol. The van der Waals surface area contributed by atoms with E-state index in [0.29, 0.717) is 41.0 Å². The number of carboxylic acid groups (broad SMARTS) is 2. The Bertz CT molecular complexity index is 2560. The minimum Gasteiger partial charge on any atom is -0.481 e. The maximum Gasteiger partial charge on any atom is 0.309 e. The molecule has 2 aromatic carbocycles. The summed E-state index contributed by atoms with van der Waals surface area (Å²) in [4.78, 5) is 66.5. The fourth-order valence-electron chi connectivity index (χ4n) is 13.0. The van der Waals surface area contributed by atoms with Crippen molar-refractivity contribution in [2.75, 3.05) is 31.5 Å². The normalized spacial score (nSPS) is 27.4. The van der Waals surface area contributed by atoms with Gasteiger partial charge in [-0.3, -0.25) is 29.0 Å². The summed E-state index contributed by atoms with van der Waals surface area (Å²) in [5.41, 5.74) is 6.95. The molecule has 14 heteroatoms. The summed E-state index contributed by atoms with van der Waals surface area (Å²) in [5.74, 6) is -0.880. The molecule has 332 valence electrons. The second kappa shape index (κ2) is 15.4. The molecule has 10 rings (SSSR count). The number of halogens is 1. The molecule has 0 unspecified atom stereocenters. The minimum atomic E-state index is -0.640. The van der Waals surface area contributed by atoms with Crippen LogP contribution in [0.25, 0.3) is 11.1 Å². The van der Waals surface area contributed by atoms with Crippen LogP contribution < -0.4 is 5.32 Å². The maximum atomic E-state index is 14.0. The van der Waals surface area contributed by atoms with Gasteiger partial charge in [0.1, 0.15) is 0 Å². The molecule has 1 amide bonds. The van der Waals surface area contributed by atoms with Gasteiger partial charge in [-0.05, 0) is 118 Å². The monoisotopic (exact) mass is 875 g/mol. The number of Topliss-reactive ketones (excluding diaryl/α,β-unsaturated/α-hetero) is 1. The van der Waals surface area contributed by atoms with E-state index >= 15 is 0 Å². The van der Waals surface area contributed by atoms with Crippen LogP contribution in [0, 0.1) is 28.6 Å². The zero-order chi connectivity index (χ0) is 44.1. The van der Waals surface area contributed by atoms with Crippen LogP contribution in [0.3, 0.4) is 0 Å². The molecule has 63 heavy (non-hydrogen) atoms. The quantitative estimate of drug-likeness (QED) is 0.114.